The van der Waals surface area contributed by atoms with Crippen molar-refractivity contribution in [1.29, 1.82) is 0 Å². The third kappa shape index (κ3) is 6.05. The maximum absolute atomic E-state index is 13.3. The summed E-state index contributed by atoms with van der Waals surface area (Å²) < 4.78 is 13.3. The summed E-state index contributed by atoms with van der Waals surface area (Å²) in [5, 5.41) is 2.83. The number of halogens is 1. The van der Waals surface area contributed by atoms with Crippen LogP contribution in [0.4, 0.5) is 4.39 Å². The van der Waals surface area contributed by atoms with Crippen molar-refractivity contribution in [3.8, 4) is 0 Å². The van der Waals surface area contributed by atoms with E-state index in [0.29, 0.717) is 51.1 Å². The van der Waals surface area contributed by atoms with Gasteiger partial charge in [0.15, 0.2) is 0 Å². The van der Waals surface area contributed by atoms with E-state index in [-0.39, 0.29) is 17.7 Å². The molecule has 7 heteroatoms. The van der Waals surface area contributed by atoms with Crippen LogP contribution in [0.1, 0.15) is 44.0 Å². The smallest absolute Gasteiger partial charge is 0.254 e. The first-order valence-corrected chi connectivity index (χ1v) is 9.29. The molecule has 0 spiro atoms. The first kappa shape index (κ1) is 20.9. The summed E-state index contributed by atoms with van der Waals surface area (Å²) in [5.74, 6) is -0.656. The van der Waals surface area contributed by atoms with Crippen LogP contribution >= 0.6 is 0 Å². The highest BCUT2D eigenvalue weighted by Crippen LogP contribution is 2.13. The lowest BCUT2D eigenvalue weighted by molar-refractivity contribution is -0.133. The number of piperazine rings is 1. The number of hydrogen-bond donors (Lipinski definition) is 1. The molecule has 1 N–H and O–H groups in total. The van der Waals surface area contributed by atoms with Crippen LogP contribution in [0.3, 0.4) is 0 Å². The molecule has 1 saturated heterocycles. The van der Waals surface area contributed by atoms with E-state index in [4.69, 9.17) is 0 Å². The molecular formula is C20H28FN3O3. The molecule has 0 unspecified atom stereocenters. The monoisotopic (exact) mass is 377 g/mol. The molecule has 2 rings (SSSR count). The molecule has 3 amide bonds. The fourth-order valence-electron chi connectivity index (χ4n) is 2.83. The van der Waals surface area contributed by atoms with Crippen LogP contribution in [-0.4, -0.2) is 60.2 Å². The Balaban J connectivity index is 1.72. The van der Waals surface area contributed by atoms with Gasteiger partial charge in [0.2, 0.25) is 11.8 Å². The topological polar surface area (TPSA) is 69.7 Å². The predicted octanol–water partition coefficient (Wildman–Crippen LogP) is 2.05. The highest BCUT2D eigenvalue weighted by molar-refractivity contribution is 5.94. The fourth-order valence-corrected chi connectivity index (χ4v) is 2.83. The summed E-state index contributed by atoms with van der Waals surface area (Å²) in [6, 6.07) is 5.64. The lowest BCUT2D eigenvalue weighted by Crippen LogP contribution is -2.50. The van der Waals surface area contributed by atoms with E-state index in [1.54, 1.807) is 15.9 Å². The Morgan fingerprint density at radius 1 is 1.07 bits per heavy atom. The van der Waals surface area contributed by atoms with Gasteiger partial charge in [0, 0.05) is 50.1 Å². The van der Waals surface area contributed by atoms with Gasteiger partial charge in [0.1, 0.15) is 5.82 Å². The number of rotatable bonds is 5. The molecule has 0 aromatic heterocycles. The number of nitrogens with one attached hydrogen (secondary N) is 1. The first-order chi connectivity index (χ1) is 12.7. The standard InChI is InChI=1S/C20H28FN3O3/c1-20(2,3)19(27)22-9-5-8-17(25)23-10-12-24(13-11-23)18(26)15-6-4-7-16(21)14-15/h4,6-7,14H,5,8-13H2,1-3H3,(H,22,27). The number of amides is 3. The lowest BCUT2D eigenvalue weighted by atomic mass is 9.96. The SMILES string of the molecule is CC(C)(C)C(=O)NCCCC(=O)N1CCN(C(=O)c2cccc(F)c2)CC1. The maximum Gasteiger partial charge on any atom is 0.254 e. The average Bonchev–Trinajstić information content (AvgIpc) is 2.63. The zero-order chi connectivity index (χ0) is 20.0. The quantitative estimate of drug-likeness (QED) is 0.799. The van der Waals surface area contributed by atoms with E-state index in [2.05, 4.69) is 5.32 Å². The molecule has 1 fully saturated rings. The van der Waals surface area contributed by atoms with Crippen molar-refractivity contribution in [3.05, 3.63) is 35.6 Å². The van der Waals surface area contributed by atoms with Gasteiger partial charge in [-0.15, -0.1) is 0 Å². The molecule has 148 valence electrons. The third-order valence-corrected chi connectivity index (χ3v) is 4.53. The second-order valence-electron chi connectivity index (χ2n) is 7.79. The van der Waals surface area contributed by atoms with Crippen LogP contribution in [-0.2, 0) is 9.59 Å². The molecule has 1 aliphatic rings. The van der Waals surface area contributed by atoms with Crippen LogP contribution in [0.5, 0.6) is 0 Å². The lowest BCUT2D eigenvalue weighted by Gasteiger charge is -2.35. The Morgan fingerprint density at radius 3 is 2.30 bits per heavy atom. The summed E-state index contributed by atoms with van der Waals surface area (Å²) in [5.41, 5.74) is -0.112. The van der Waals surface area contributed by atoms with E-state index in [0.717, 1.165) is 0 Å². The van der Waals surface area contributed by atoms with Gasteiger partial charge in [-0.05, 0) is 24.6 Å². The number of hydrogen-bond acceptors (Lipinski definition) is 3. The van der Waals surface area contributed by atoms with Crippen LogP contribution in [0, 0.1) is 11.2 Å². The highest BCUT2D eigenvalue weighted by Gasteiger charge is 2.25. The third-order valence-electron chi connectivity index (χ3n) is 4.53. The second kappa shape index (κ2) is 8.97. The van der Waals surface area contributed by atoms with Gasteiger partial charge >= 0.3 is 0 Å². The summed E-state index contributed by atoms with van der Waals surface area (Å²) in [6.07, 6.45) is 0.950. The van der Waals surface area contributed by atoms with Gasteiger partial charge in [-0.1, -0.05) is 26.8 Å². The fraction of sp³-hybridized carbons (Fsp3) is 0.550. The average molecular weight is 377 g/mol. The minimum absolute atomic E-state index is 0.0258. The molecule has 27 heavy (non-hydrogen) atoms. The molecule has 6 nitrogen and oxygen atoms in total. The number of carbonyl (C=O) groups is 3. The summed E-state index contributed by atoms with van der Waals surface area (Å²) in [7, 11) is 0. The molecule has 1 aromatic rings. The van der Waals surface area contributed by atoms with Crippen LogP contribution in [0.15, 0.2) is 24.3 Å². The largest absolute Gasteiger partial charge is 0.356 e. The molecular weight excluding hydrogens is 349 g/mol. The van der Waals surface area contributed by atoms with Crippen molar-refractivity contribution >= 4 is 17.7 Å². The first-order valence-electron chi connectivity index (χ1n) is 9.29. The Hall–Kier alpha value is -2.44. The maximum atomic E-state index is 13.3. The van der Waals surface area contributed by atoms with Gasteiger partial charge < -0.3 is 15.1 Å². The molecule has 1 aliphatic heterocycles. The van der Waals surface area contributed by atoms with Crippen molar-refractivity contribution in [2.24, 2.45) is 5.41 Å². The van der Waals surface area contributed by atoms with Gasteiger partial charge in [0.05, 0.1) is 0 Å². The van der Waals surface area contributed by atoms with Gasteiger partial charge in [-0.3, -0.25) is 14.4 Å². The van der Waals surface area contributed by atoms with Crippen LogP contribution < -0.4 is 5.32 Å². The van der Waals surface area contributed by atoms with Crippen molar-refractivity contribution in [2.45, 2.75) is 33.6 Å². The van der Waals surface area contributed by atoms with Crippen molar-refractivity contribution in [3.63, 3.8) is 0 Å². The van der Waals surface area contributed by atoms with E-state index >= 15 is 0 Å². The number of carbonyl (C=O) groups excluding carboxylic acids is 3. The van der Waals surface area contributed by atoms with E-state index < -0.39 is 11.2 Å². The van der Waals surface area contributed by atoms with E-state index in [1.165, 1.54) is 18.2 Å². The molecule has 1 aromatic carbocycles. The Labute approximate surface area is 159 Å². The number of benzene rings is 1. The minimum atomic E-state index is -0.437. The Kier molecular flexibility index (Phi) is 6.93. The molecule has 0 bridgehead atoms. The van der Waals surface area contributed by atoms with Gasteiger partial charge in [-0.25, -0.2) is 4.39 Å². The van der Waals surface area contributed by atoms with E-state index in [9.17, 15) is 18.8 Å². The van der Waals surface area contributed by atoms with Gasteiger partial charge in [-0.2, -0.15) is 0 Å². The highest BCUT2D eigenvalue weighted by atomic mass is 19.1. The molecule has 0 saturated carbocycles. The van der Waals surface area contributed by atoms with Gasteiger partial charge in [0.25, 0.3) is 5.91 Å². The van der Waals surface area contributed by atoms with E-state index in [1.807, 2.05) is 20.8 Å². The van der Waals surface area contributed by atoms with Crippen molar-refractivity contribution in [1.82, 2.24) is 15.1 Å². The Bertz CT molecular complexity index is 692. The summed E-state index contributed by atoms with van der Waals surface area (Å²) in [6.45, 7) is 7.81. The van der Waals surface area contributed by atoms with Crippen molar-refractivity contribution < 1.29 is 18.8 Å². The minimum Gasteiger partial charge on any atom is -0.356 e. The zero-order valence-electron chi connectivity index (χ0n) is 16.3. The predicted molar refractivity (Wildman–Crippen MR) is 101 cm³/mol. The van der Waals surface area contributed by atoms with Crippen molar-refractivity contribution in [2.75, 3.05) is 32.7 Å². The van der Waals surface area contributed by atoms with Crippen LogP contribution in [0.25, 0.3) is 0 Å². The number of nitrogens with zero attached hydrogens (tertiary/aromatic N) is 2. The molecule has 1 heterocycles. The van der Waals surface area contributed by atoms with Crippen LogP contribution in [0.2, 0.25) is 0 Å². The second-order valence-corrected chi connectivity index (χ2v) is 7.79. The zero-order valence-corrected chi connectivity index (χ0v) is 16.3. The summed E-state index contributed by atoms with van der Waals surface area (Å²) in [4.78, 5) is 39.9. The Morgan fingerprint density at radius 2 is 1.70 bits per heavy atom. The normalized spacial score (nSPS) is 14.8. The molecule has 0 radical (unpaired) electrons. The molecule has 0 atom stereocenters. The summed E-state index contributed by atoms with van der Waals surface area (Å²) >= 11 is 0. The molecule has 0 aliphatic carbocycles.